The third kappa shape index (κ3) is 2.18. The maximum Gasteiger partial charge on any atom is 0.258 e. The van der Waals surface area contributed by atoms with Crippen molar-refractivity contribution in [2.45, 2.75) is 25.8 Å². The Morgan fingerprint density at radius 3 is 2.80 bits per heavy atom. The molecule has 0 radical (unpaired) electrons. The molecule has 2 aromatic rings. The van der Waals surface area contributed by atoms with E-state index in [0.29, 0.717) is 5.56 Å². The highest BCUT2D eigenvalue weighted by Gasteiger charge is 2.29. The zero-order chi connectivity index (χ0) is 14.1. The van der Waals surface area contributed by atoms with Crippen molar-refractivity contribution in [3.63, 3.8) is 0 Å². The molecule has 1 amide bonds. The van der Waals surface area contributed by atoms with Crippen molar-refractivity contribution < 1.29 is 9.18 Å². The molecule has 1 aliphatic heterocycles. The molecule has 3 nitrogen and oxygen atoms in total. The van der Waals surface area contributed by atoms with Crippen molar-refractivity contribution in [3.8, 4) is 0 Å². The topological polar surface area (TPSA) is 33.2 Å². The van der Waals surface area contributed by atoms with Crippen LogP contribution in [0.1, 0.15) is 29.3 Å². The monoisotopic (exact) mass is 270 g/mol. The molecular weight excluding hydrogens is 255 g/mol. The van der Waals surface area contributed by atoms with Gasteiger partial charge in [0.1, 0.15) is 5.82 Å². The summed E-state index contributed by atoms with van der Waals surface area (Å²) in [5.41, 5.74) is 2.31. The average molecular weight is 270 g/mol. The number of aryl methyl sites for hydroxylation is 1. The Morgan fingerprint density at radius 1 is 1.30 bits per heavy atom. The third-order valence-electron chi connectivity index (χ3n) is 3.72. The van der Waals surface area contributed by atoms with Gasteiger partial charge in [0.15, 0.2) is 0 Å². The number of nitrogens with zero attached hydrogens (tertiary/aromatic N) is 2. The van der Waals surface area contributed by atoms with Gasteiger partial charge >= 0.3 is 0 Å². The standard InChI is InChI=1S/C16H15FN2O/c1-11-2-3-13-10-14(17)4-5-15(13)19(11)16(20)12-6-8-18-9-7-12/h4-11H,2-3H2,1H3/t11-/m0/s1. The minimum Gasteiger partial charge on any atom is -0.305 e. The number of carbonyl (C=O) groups is 1. The van der Waals surface area contributed by atoms with Crippen molar-refractivity contribution in [2.24, 2.45) is 0 Å². The predicted molar refractivity (Wildman–Crippen MR) is 75.2 cm³/mol. The molecule has 0 spiro atoms. The van der Waals surface area contributed by atoms with Crippen LogP contribution in [0.4, 0.5) is 10.1 Å². The molecule has 0 fully saturated rings. The van der Waals surface area contributed by atoms with E-state index < -0.39 is 0 Å². The lowest BCUT2D eigenvalue weighted by atomic mass is 9.95. The summed E-state index contributed by atoms with van der Waals surface area (Å²) in [6.07, 6.45) is 4.85. The molecule has 20 heavy (non-hydrogen) atoms. The molecule has 1 atom stereocenters. The van der Waals surface area contributed by atoms with Gasteiger partial charge in [-0.05, 0) is 55.7 Å². The number of aromatic nitrogens is 1. The summed E-state index contributed by atoms with van der Waals surface area (Å²) in [7, 11) is 0. The smallest absolute Gasteiger partial charge is 0.258 e. The Balaban J connectivity index is 2.03. The molecule has 1 aromatic carbocycles. The highest BCUT2D eigenvalue weighted by molar-refractivity contribution is 6.07. The fourth-order valence-electron chi connectivity index (χ4n) is 2.66. The van der Waals surface area contributed by atoms with Gasteiger partial charge in [-0.2, -0.15) is 0 Å². The Hall–Kier alpha value is -2.23. The molecule has 0 aliphatic carbocycles. The van der Waals surface area contributed by atoms with Crippen LogP contribution in [-0.4, -0.2) is 16.9 Å². The van der Waals surface area contributed by atoms with E-state index in [4.69, 9.17) is 0 Å². The van der Waals surface area contributed by atoms with Crippen LogP contribution < -0.4 is 4.90 Å². The lowest BCUT2D eigenvalue weighted by Crippen LogP contribution is -2.42. The van der Waals surface area contributed by atoms with Gasteiger partial charge in [0.2, 0.25) is 0 Å². The normalized spacial score (nSPS) is 17.7. The van der Waals surface area contributed by atoms with E-state index in [-0.39, 0.29) is 17.8 Å². The minimum absolute atomic E-state index is 0.0625. The summed E-state index contributed by atoms with van der Waals surface area (Å²) in [4.78, 5) is 18.3. The third-order valence-corrected chi connectivity index (χ3v) is 3.72. The molecule has 1 aliphatic rings. The maximum absolute atomic E-state index is 13.3. The number of amides is 1. The number of carbonyl (C=O) groups excluding carboxylic acids is 1. The Kier molecular flexibility index (Phi) is 3.22. The van der Waals surface area contributed by atoms with Crippen LogP contribution in [-0.2, 0) is 6.42 Å². The Morgan fingerprint density at radius 2 is 2.05 bits per heavy atom. The van der Waals surface area contributed by atoms with E-state index in [0.717, 1.165) is 24.1 Å². The summed E-state index contributed by atoms with van der Waals surface area (Å²) in [5.74, 6) is -0.318. The van der Waals surface area contributed by atoms with Gasteiger partial charge in [0.25, 0.3) is 5.91 Å². The SMILES string of the molecule is C[C@H]1CCc2cc(F)ccc2N1C(=O)c1ccncc1. The van der Waals surface area contributed by atoms with Crippen molar-refractivity contribution in [3.05, 3.63) is 59.7 Å². The van der Waals surface area contributed by atoms with Gasteiger partial charge in [-0.15, -0.1) is 0 Å². The number of benzene rings is 1. The van der Waals surface area contributed by atoms with E-state index in [1.165, 1.54) is 12.1 Å². The van der Waals surface area contributed by atoms with Gasteiger partial charge in [-0.1, -0.05) is 0 Å². The molecule has 0 unspecified atom stereocenters. The number of halogens is 1. The number of pyridine rings is 1. The number of hydrogen-bond donors (Lipinski definition) is 0. The maximum atomic E-state index is 13.3. The van der Waals surface area contributed by atoms with Crippen molar-refractivity contribution >= 4 is 11.6 Å². The molecule has 3 rings (SSSR count). The first-order chi connectivity index (χ1) is 9.66. The second-order valence-electron chi connectivity index (χ2n) is 5.07. The molecule has 2 heterocycles. The lowest BCUT2D eigenvalue weighted by Gasteiger charge is -2.35. The van der Waals surface area contributed by atoms with Gasteiger partial charge < -0.3 is 4.90 Å². The first kappa shape index (κ1) is 12.8. The second kappa shape index (κ2) is 5.04. The largest absolute Gasteiger partial charge is 0.305 e. The number of rotatable bonds is 1. The van der Waals surface area contributed by atoms with Gasteiger partial charge in [0.05, 0.1) is 0 Å². The molecule has 1 aromatic heterocycles. The summed E-state index contributed by atoms with van der Waals surface area (Å²) in [5, 5.41) is 0. The zero-order valence-corrected chi connectivity index (χ0v) is 11.2. The number of hydrogen-bond acceptors (Lipinski definition) is 2. The van der Waals surface area contributed by atoms with E-state index in [9.17, 15) is 9.18 Å². The van der Waals surface area contributed by atoms with Crippen LogP contribution in [0.3, 0.4) is 0 Å². The van der Waals surface area contributed by atoms with E-state index in [1.807, 2.05) is 6.92 Å². The first-order valence-corrected chi connectivity index (χ1v) is 6.69. The summed E-state index contributed by atoms with van der Waals surface area (Å²) >= 11 is 0. The van der Waals surface area contributed by atoms with Crippen LogP contribution in [0.5, 0.6) is 0 Å². The molecule has 0 bridgehead atoms. The average Bonchev–Trinajstić information content (AvgIpc) is 2.48. The Labute approximate surface area is 117 Å². The van der Waals surface area contributed by atoms with Crippen molar-refractivity contribution in [1.82, 2.24) is 4.98 Å². The fraction of sp³-hybridized carbons (Fsp3) is 0.250. The van der Waals surface area contributed by atoms with E-state index >= 15 is 0 Å². The quantitative estimate of drug-likeness (QED) is 0.797. The van der Waals surface area contributed by atoms with E-state index in [2.05, 4.69) is 4.98 Å². The summed E-state index contributed by atoms with van der Waals surface area (Å²) in [6.45, 7) is 2.02. The highest BCUT2D eigenvalue weighted by Crippen LogP contribution is 2.32. The van der Waals surface area contributed by atoms with Crippen LogP contribution >= 0.6 is 0 Å². The fourth-order valence-corrected chi connectivity index (χ4v) is 2.66. The molecule has 0 saturated carbocycles. The van der Waals surface area contributed by atoms with Crippen LogP contribution in [0.25, 0.3) is 0 Å². The predicted octanol–water partition coefficient (Wildman–Crippen LogP) is 3.20. The number of fused-ring (bicyclic) bond motifs is 1. The zero-order valence-electron chi connectivity index (χ0n) is 11.2. The molecule has 102 valence electrons. The van der Waals surface area contributed by atoms with Crippen molar-refractivity contribution in [2.75, 3.05) is 4.90 Å². The van der Waals surface area contributed by atoms with E-state index in [1.54, 1.807) is 35.5 Å². The van der Waals surface area contributed by atoms with Crippen molar-refractivity contribution in [1.29, 1.82) is 0 Å². The molecule has 0 N–H and O–H groups in total. The van der Waals surface area contributed by atoms with Crippen LogP contribution in [0.15, 0.2) is 42.7 Å². The summed E-state index contributed by atoms with van der Waals surface area (Å²) in [6, 6.07) is 8.13. The van der Waals surface area contributed by atoms with Gasteiger partial charge in [-0.3, -0.25) is 9.78 Å². The molecular formula is C16H15FN2O. The molecule has 0 saturated heterocycles. The van der Waals surface area contributed by atoms with Gasteiger partial charge in [-0.25, -0.2) is 4.39 Å². The molecule has 4 heteroatoms. The summed E-state index contributed by atoms with van der Waals surface area (Å²) < 4.78 is 13.3. The first-order valence-electron chi connectivity index (χ1n) is 6.69. The Bertz CT molecular complexity index is 642. The highest BCUT2D eigenvalue weighted by atomic mass is 19.1. The van der Waals surface area contributed by atoms with Gasteiger partial charge in [0, 0.05) is 29.7 Å². The lowest BCUT2D eigenvalue weighted by molar-refractivity contribution is 0.0975. The second-order valence-corrected chi connectivity index (χ2v) is 5.07. The van der Waals surface area contributed by atoms with Crippen LogP contribution in [0.2, 0.25) is 0 Å². The number of anilines is 1. The minimum atomic E-state index is -0.255. The van der Waals surface area contributed by atoms with Crippen LogP contribution in [0, 0.1) is 5.82 Å².